The summed E-state index contributed by atoms with van der Waals surface area (Å²) in [5.74, 6) is 0.854. The average molecular weight is 361 g/mol. The van der Waals surface area contributed by atoms with Crippen LogP contribution in [-0.2, 0) is 11.2 Å². The summed E-state index contributed by atoms with van der Waals surface area (Å²) in [6, 6.07) is 8.51. The number of rotatable bonds is 9. The Bertz CT molecular complexity index is 652. The summed E-state index contributed by atoms with van der Waals surface area (Å²) in [5.41, 5.74) is 3.57. The number of methoxy groups -OCH3 is 1. The van der Waals surface area contributed by atoms with E-state index >= 15 is 0 Å². The molecule has 0 saturated carbocycles. The molecule has 6 heteroatoms. The number of hydrogen-bond acceptors (Lipinski definition) is 4. The van der Waals surface area contributed by atoms with Gasteiger partial charge in [-0.05, 0) is 20.3 Å². The molecular weight excluding hydrogens is 332 g/mol. The lowest BCUT2D eigenvalue weighted by molar-refractivity contribution is 0.197. The van der Waals surface area contributed by atoms with Crippen molar-refractivity contribution in [3.63, 3.8) is 0 Å². The number of nitrogens with zero attached hydrogens (tertiary/aromatic N) is 2. The molecule has 0 radical (unpaired) electrons. The van der Waals surface area contributed by atoms with Crippen LogP contribution in [0.1, 0.15) is 24.6 Å². The van der Waals surface area contributed by atoms with Crippen LogP contribution in [0.25, 0.3) is 10.6 Å². The maximum absolute atomic E-state index is 5.05. The zero-order valence-corrected chi connectivity index (χ0v) is 16.2. The molecule has 136 valence electrons. The van der Waals surface area contributed by atoms with Crippen LogP contribution in [0.5, 0.6) is 0 Å². The van der Waals surface area contributed by atoms with Gasteiger partial charge in [0.1, 0.15) is 5.01 Å². The van der Waals surface area contributed by atoms with Crippen LogP contribution >= 0.6 is 11.3 Å². The van der Waals surface area contributed by atoms with E-state index in [1.165, 1.54) is 11.1 Å². The first-order valence-electron chi connectivity index (χ1n) is 8.75. The van der Waals surface area contributed by atoms with Crippen LogP contribution in [0.3, 0.4) is 0 Å². The molecule has 0 fully saturated rings. The van der Waals surface area contributed by atoms with Gasteiger partial charge in [-0.3, -0.25) is 4.99 Å². The molecule has 0 unspecified atom stereocenters. The molecule has 1 heterocycles. The molecule has 0 saturated heterocycles. The minimum Gasteiger partial charge on any atom is -0.385 e. The molecular formula is C19H28N4OS. The lowest BCUT2D eigenvalue weighted by Crippen LogP contribution is -2.38. The number of aromatic nitrogens is 1. The van der Waals surface area contributed by atoms with E-state index in [-0.39, 0.29) is 0 Å². The highest BCUT2D eigenvalue weighted by Crippen LogP contribution is 2.24. The average Bonchev–Trinajstić information content (AvgIpc) is 3.08. The fourth-order valence-corrected chi connectivity index (χ4v) is 3.16. The molecule has 2 N–H and O–H groups in total. The summed E-state index contributed by atoms with van der Waals surface area (Å²) in [6.45, 7) is 7.33. The molecule has 2 aromatic rings. The number of aliphatic imine (C=N–C) groups is 1. The van der Waals surface area contributed by atoms with Crippen LogP contribution in [0.2, 0.25) is 0 Å². The lowest BCUT2D eigenvalue weighted by atomic mass is 10.2. The van der Waals surface area contributed by atoms with Gasteiger partial charge in [0.2, 0.25) is 0 Å². The van der Waals surface area contributed by atoms with Crippen molar-refractivity contribution in [3.8, 4) is 10.6 Å². The second-order valence-corrected chi connectivity index (χ2v) is 6.65. The molecule has 0 spiro atoms. The van der Waals surface area contributed by atoms with Crippen molar-refractivity contribution in [1.29, 1.82) is 0 Å². The molecule has 2 rings (SSSR count). The smallest absolute Gasteiger partial charge is 0.191 e. The van der Waals surface area contributed by atoms with Crippen molar-refractivity contribution in [2.45, 2.75) is 26.7 Å². The van der Waals surface area contributed by atoms with Crippen LogP contribution < -0.4 is 10.6 Å². The Morgan fingerprint density at radius 1 is 1.24 bits per heavy atom. The van der Waals surface area contributed by atoms with Crippen molar-refractivity contribution in [2.24, 2.45) is 4.99 Å². The van der Waals surface area contributed by atoms with Gasteiger partial charge in [-0.15, -0.1) is 11.3 Å². The maximum atomic E-state index is 5.05. The van der Waals surface area contributed by atoms with Crippen molar-refractivity contribution in [2.75, 3.05) is 33.4 Å². The topological polar surface area (TPSA) is 58.5 Å². The molecule has 0 aliphatic carbocycles. The SMILES string of the molecule is CCNC(=NCCCOC)NCCc1csc(-c2ccc(C)cc2)n1. The number of hydrogen-bond donors (Lipinski definition) is 2. The van der Waals surface area contributed by atoms with Crippen molar-refractivity contribution in [1.82, 2.24) is 15.6 Å². The summed E-state index contributed by atoms with van der Waals surface area (Å²) in [5, 5.41) is 9.84. The van der Waals surface area contributed by atoms with Crippen molar-refractivity contribution < 1.29 is 4.74 Å². The van der Waals surface area contributed by atoms with Gasteiger partial charge in [-0.1, -0.05) is 29.8 Å². The number of benzene rings is 1. The number of aryl methyl sites for hydroxylation is 1. The van der Waals surface area contributed by atoms with Gasteiger partial charge in [0.25, 0.3) is 0 Å². The van der Waals surface area contributed by atoms with E-state index in [0.717, 1.165) is 55.7 Å². The molecule has 1 aromatic carbocycles. The third-order valence-corrected chi connectivity index (χ3v) is 4.58. The third-order valence-electron chi connectivity index (χ3n) is 3.64. The van der Waals surface area contributed by atoms with Gasteiger partial charge in [0.05, 0.1) is 5.69 Å². The molecule has 0 amide bonds. The second kappa shape index (κ2) is 10.8. The van der Waals surface area contributed by atoms with Gasteiger partial charge >= 0.3 is 0 Å². The lowest BCUT2D eigenvalue weighted by Gasteiger charge is -2.10. The minimum atomic E-state index is 0.740. The Labute approximate surface area is 154 Å². The van der Waals surface area contributed by atoms with Crippen LogP contribution in [0.4, 0.5) is 0 Å². The Kier molecular flexibility index (Phi) is 8.42. The van der Waals surface area contributed by atoms with E-state index < -0.39 is 0 Å². The fourth-order valence-electron chi connectivity index (χ4n) is 2.30. The summed E-state index contributed by atoms with van der Waals surface area (Å²) >= 11 is 1.70. The van der Waals surface area contributed by atoms with Gasteiger partial charge in [0.15, 0.2) is 5.96 Å². The standard InChI is InChI=1S/C19H28N4OS/c1-4-20-19(21-11-5-13-24-3)22-12-10-17-14-25-18(23-17)16-8-6-15(2)7-9-16/h6-9,14H,4-5,10-13H2,1-3H3,(H2,20,21,22). The number of ether oxygens (including phenoxy) is 1. The molecule has 0 aliphatic rings. The molecule has 25 heavy (non-hydrogen) atoms. The summed E-state index contributed by atoms with van der Waals surface area (Å²) in [6.07, 6.45) is 1.81. The van der Waals surface area contributed by atoms with E-state index in [4.69, 9.17) is 9.72 Å². The first-order valence-corrected chi connectivity index (χ1v) is 9.63. The fraction of sp³-hybridized carbons (Fsp3) is 0.474. The largest absolute Gasteiger partial charge is 0.385 e. The second-order valence-electron chi connectivity index (χ2n) is 5.79. The Morgan fingerprint density at radius 3 is 2.76 bits per heavy atom. The molecule has 0 bridgehead atoms. The summed E-state index contributed by atoms with van der Waals surface area (Å²) < 4.78 is 5.05. The molecule has 0 aliphatic heterocycles. The van der Waals surface area contributed by atoms with E-state index in [1.54, 1.807) is 18.4 Å². The van der Waals surface area contributed by atoms with Crippen molar-refractivity contribution in [3.05, 3.63) is 40.9 Å². The van der Waals surface area contributed by atoms with Gasteiger partial charge in [-0.25, -0.2) is 4.98 Å². The normalized spacial score (nSPS) is 11.6. The quantitative estimate of drug-likeness (QED) is 0.409. The molecule has 5 nitrogen and oxygen atoms in total. The minimum absolute atomic E-state index is 0.740. The van der Waals surface area contributed by atoms with E-state index in [2.05, 4.69) is 59.1 Å². The molecule has 1 aromatic heterocycles. The maximum Gasteiger partial charge on any atom is 0.191 e. The number of thiazole rings is 1. The highest BCUT2D eigenvalue weighted by Gasteiger charge is 2.05. The summed E-state index contributed by atoms with van der Waals surface area (Å²) in [7, 11) is 1.71. The van der Waals surface area contributed by atoms with Crippen LogP contribution in [0, 0.1) is 6.92 Å². The first-order chi connectivity index (χ1) is 12.2. The van der Waals surface area contributed by atoms with E-state index in [9.17, 15) is 0 Å². The Balaban J connectivity index is 1.82. The summed E-state index contributed by atoms with van der Waals surface area (Å²) in [4.78, 5) is 9.28. The monoisotopic (exact) mass is 360 g/mol. The number of guanidine groups is 1. The predicted molar refractivity (Wildman–Crippen MR) is 106 cm³/mol. The van der Waals surface area contributed by atoms with Crippen LogP contribution in [0.15, 0.2) is 34.6 Å². The highest BCUT2D eigenvalue weighted by atomic mass is 32.1. The van der Waals surface area contributed by atoms with Crippen LogP contribution in [-0.4, -0.2) is 44.3 Å². The highest BCUT2D eigenvalue weighted by molar-refractivity contribution is 7.13. The molecule has 0 atom stereocenters. The third kappa shape index (κ3) is 6.84. The Hall–Kier alpha value is -1.92. The van der Waals surface area contributed by atoms with E-state index in [1.807, 2.05) is 0 Å². The Morgan fingerprint density at radius 2 is 2.04 bits per heavy atom. The van der Waals surface area contributed by atoms with E-state index in [0.29, 0.717) is 0 Å². The van der Waals surface area contributed by atoms with Gasteiger partial charge in [-0.2, -0.15) is 0 Å². The predicted octanol–water partition coefficient (Wildman–Crippen LogP) is 3.25. The number of nitrogens with one attached hydrogen (secondary N) is 2. The first kappa shape index (κ1) is 19.4. The van der Waals surface area contributed by atoms with Crippen molar-refractivity contribution >= 4 is 17.3 Å². The zero-order chi connectivity index (χ0) is 17.9. The van der Waals surface area contributed by atoms with Gasteiger partial charge in [0, 0.05) is 50.7 Å². The van der Waals surface area contributed by atoms with Gasteiger partial charge < -0.3 is 15.4 Å². The zero-order valence-electron chi connectivity index (χ0n) is 15.3.